The molecule has 0 unspecified atom stereocenters. The molecule has 3 heterocycles. The van der Waals surface area contributed by atoms with Gasteiger partial charge in [0.25, 0.3) is 5.91 Å². The molecule has 0 aliphatic carbocycles. The number of nitrogens with one attached hydrogen (secondary N) is 1. The average molecular weight is 509 g/mol. The molecule has 4 N–H and O–H groups in total. The van der Waals surface area contributed by atoms with Crippen LogP contribution in [0.5, 0.6) is 11.6 Å². The summed E-state index contributed by atoms with van der Waals surface area (Å²) in [4.78, 5) is 24.5. The maximum Gasteiger partial charge on any atom is 0.362 e. The van der Waals surface area contributed by atoms with Gasteiger partial charge in [-0.2, -0.15) is 13.4 Å². The number of carbonyl (C=O) groups excluding carboxylic acids is 1. The number of para-hydroxylation sites is 1. The van der Waals surface area contributed by atoms with Crippen molar-refractivity contribution in [3.05, 3.63) is 42.5 Å². The Morgan fingerprint density at radius 2 is 1.94 bits per heavy atom. The van der Waals surface area contributed by atoms with Gasteiger partial charge in [-0.25, -0.2) is 14.7 Å². The molecule has 1 fully saturated rings. The largest absolute Gasteiger partial charge is 0.507 e. The van der Waals surface area contributed by atoms with E-state index in [2.05, 4.69) is 15.0 Å². The van der Waals surface area contributed by atoms with Crippen molar-refractivity contribution < 1.29 is 42.2 Å². The monoisotopic (exact) mass is 509 g/mol. The molecular formula is C20H23N5O9S. The third-order valence-corrected chi connectivity index (χ3v) is 5.92. The van der Waals surface area contributed by atoms with Gasteiger partial charge in [0.1, 0.15) is 30.4 Å². The van der Waals surface area contributed by atoms with Crippen LogP contribution in [0, 0.1) is 0 Å². The highest BCUT2D eigenvalue weighted by atomic mass is 32.2. The summed E-state index contributed by atoms with van der Waals surface area (Å²) in [5.41, 5.74) is 0.291. The second kappa shape index (κ2) is 9.71. The molecule has 1 saturated heterocycles. The normalized spacial score (nSPS) is 22.5. The quantitative estimate of drug-likeness (QED) is 0.308. The third-order valence-electron chi connectivity index (χ3n) is 5.04. The zero-order valence-electron chi connectivity index (χ0n) is 18.5. The first kappa shape index (κ1) is 24.7. The molecule has 1 aromatic carbocycles. The number of fused-ring (bicyclic) bond motifs is 1. The summed E-state index contributed by atoms with van der Waals surface area (Å²) >= 11 is 0. The van der Waals surface area contributed by atoms with E-state index in [9.17, 15) is 28.5 Å². The zero-order chi connectivity index (χ0) is 25.3. The Kier molecular flexibility index (Phi) is 6.86. The van der Waals surface area contributed by atoms with E-state index in [0.717, 1.165) is 0 Å². The Labute approximate surface area is 199 Å². The first-order chi connectivity index (χ1) is 16.6. The Hall–Kier alpha value is -3.37. The molecule has 15 heteroatoms. The van der Waals surface area contributed by atoms with Crippen molar-refractivity contribution in [2.75, 3.05) is 6.61 Å². The van der Waals surface area contributed by atoms with Crippen LogP contribution in [0.3, 0.4) is 0 Å². The minimum absolute atomic E-state index is 0.178. The van der Waals surface area contributed by atoms with Gasteiger partial charge < -0.3 is 24.8 Å². The van der Waals surface area contributed by atoms with Gasteiger partial charge in [-0.15, -0.1) is 0 Å². The van der Waals surface area contributed by atoms with E-state index in [-0.39, 0.29) is 23.2 Å². The number of hydrogen-bond acceptors (Lipinski definition) is 12. The van der Waals surface area contributed by atoms with Crippen LogP contribution in [0.1, 0.15) is 30.4 Å². The summed E-state index contributed by atoms with van der Waals surface area (Å²) in [6.45, 7) is 2.91. The standard InChI is InChI=1S/C20H23N5O9S/c1-10(2)33-19-14-17(21-8-22-19)25(9-23-14)20-16(28)15(27)13(34-20)7-32-35(30,31)24-18(29)11-5-3-4-6-12(11)26/h3-6,8-10,13,15-16,20,26-28H,7H2,1-2H3,(H,24,29)/t13-,15-,16-,20-/m1/s1. The van der Waals surface area contributed by atoms with Crippen molar-refractivity contribution >= 4 is 27.4 Å². The second-order valence-corrected chi connectivity index (χ2v) is 9.25. The number of amides is 1. The lowest BCUT2D eigenvalue weighted by atomic mass is 10.1. The summed E-state index contributed by atoms with van der Waals surface area (Å²) in [7, 11) is -4.64. The number of aromatic hydroxyl groups is 1. The van der Waals surface area contributed by atoms with E-state index < -0.39 is 53.1 Å². The maximum absolute atomic E-state index is 12.2. The summed E-state index contributed by atoms with van der Waals surface area (Å²) in [5.74, 6) is -1.31. The highest BCUT2D eigenvalue weighted by molar-refractivity contribution is 7.85. The fraction of sp³-hybridized carbons (Fsp3) is 0.400. The lowest BCUT2D eigenvalue weighted by Crippen LogP contribution is -2.37. The van der Waals surface area contributed by atoms with Crippen LogP contribution in [0.2, 0.25) is 0 Å². The number of aromatic nitrogens is 4. The molecule has 2 aromatic heterocycles. The molecule has 0 saturated carbocycles. The molecule has 35 heavy (non-hydrogen) atoms. The molecule has 188 valence electrons. The average Bonchev–Trinajstić information content (AvgIpc) is 3.34. The number of hydrogen-bond donors (Lipinski definition) is 4. The molecule has 0 radical (unpaired) electrons. The van der Waals surface area contributed by atoms with Crippen molar-refractivity contribution in [2.45, 2.75) is 44.5 Å². The lowest BCUT2D eigenvalue weighted by molar-refractivity contribution is -0.0468. The first-order valence-electron chi connectivity index (χ1n) is 10.4. The number of ether oxygens (including phenoxy) is 2. The highest BCUT2D eigenvalue weighted by Crippen LogP contribution is 2.33. The fourth-order valence-corrected chi connectivity index (χ4v) is 4.15. The molecule has 14 nitrogen and oxygen atoms in total. The zero-order valence-corrected chi connectivity index (χ0v) is 19.4. The summed E-state index contributed by atoms with van der Waals surface area (Å²) in [6.07, 6.45) is -3.08. The van der Waals surface area contributed by atoms with Crippen molar-refractivity contribution in [2.24, 2.45) is 0 Å². The van der Waals surface area contributed by atoms with Gasteiger partial charge in [-0.1, -0.05) is 12.1 Å². The predicted octanol–water partition coefficient (Wildman–Crippen LogP) is -0.370. The van der Waals surface area contributed by atoms with Gasteiger partial charge in [0, 0.05) is 0 Å². The second-order valence-electron chi connectivity index (χ2n) is 7.90. The van der Waals surface area contributed by atoms with Crippen LogP contribution in [-0.4, -0.2) is 80.2 Å². The van der Waals surface area contributed by atoms with Gasteiger partial charge >= 0.3 is 10.3 Å². The van der Waals surface area contributed by atoms with Crippen LogP contribution >= 0.6 is 0 Å². The van der Waals surface area contributed by atoms with Crippen LogP contribution in [0.15, 0.2) is 36.9 Å². The number of benzene rings is 1. The van der Waals surface area contributed by atoms with Crippen LogP contribution in [0.4, 0.5) is 0 Å². The summed E-state index contributed by atoms with van der Waals surface area (Å²) in [5, 5.41) is 30.6. The van der Waals surface area contributed by atoms with Crippen molar-refractivity contribution in [1.82, 2.24) is 24.2 Å². The third kappa shape index (κ3) is 5.18. The van der Waals surface area contributed by atoms with E-state index >= 15 is 0 Å². The number of nitrogens with zero attached hydrogens (tertiary/aromatic N) is 4. The summed E-state index contributed by atoms with van der Waals surface area (Å²) in [6, 6.07) is 5.34. The Morgan fingerprint density at radius 1 is 1.20 bits per heavy atom. The minimum Gasteiger partial charge on any atom is -0.507 e. The Morgan fingerprint density at radius 3 is 2.66 bits per heavy atom. The van der Waals surface area contributed by atoms with E-state index in [0.29, 0.717) is 5.52 Å². The highest BCUT2D eigenvalue weighted by Gasteiger charge is 2.45. The number of imidazole rings is 1. The molecular weight excluding hydrogens is 486 g/mol. The van der Waals surface area contributed by atoms with Crippen LogP contribution in [-0.2, 0) is 19.2 Å². The molecule has 1 amide bonds. The summed E-state index contributed by atoms with van der Waals surface area (Å²) < 4.78 is 43.4. The Bertz CT molecular complexity index is 1330. The predicted molar refractivity (Wildman–Crippen MR) is 117 cm³/mol. The smallest absolute Gasteiger partial charge is 0.362 e. The van der Waals surface area contributed by atoms with Crippen molar-refractivity contribution in [3.63, 3.8) is 0 Å². The van der Waals surface area contributed by atoms with Crippen LogP contribution < -0.4 is 9.46 Å². The number of carbonyl (C=O) groups is 1. The van der Waals surface area contributed by atoms with Gasteiger partial charge in [0.05, 0.1) is 24.6 Å². The van der Waals surface area contributed by atoms with Crippen molar-refractivity contribution in [1.29, 1.82) is 0 Å². The molecule has 0 spiro atoms. The van der Waals surface area contributed by atoms with Gasteiger partial charge in [0.2, 0.25) is 5.88 Å². The number of aliphatic hydroxyl groups is 2. The first-order valence-corrected chi connectivity index (χ1v) is 11.8. The van der Waals surface area contributed by atoms with E-state index in [1.807, 2.05) is 13.8 Å². The van der Waals surface area contributed by atoms with Gasteiger partial charge in [-0.05, 0) is 26.0 Å². The molecule has 1 aliphatic heterocycles. The van der Waals surface area contributed by atoms with E-state index in [1.54, 1.807) is 4.72 Å². The van der Waals surface area contributed by atoms with E-state index in [1.165, 1.54) is 41.5 Å². The maximum atomic E-state index is 12.2. The fourth-order valence-electron chi connectivity index (χ4n) is 3.44. The SMILES string of the molecule is CC(C)Oc1ncnc2c1ncn2[C@@H]1O[C@H](COS(=O)(=O)NC(=O)c2ccccc2O)[C@@H](O)[C@H]1O. The van der Waals surface area contributed by atoms with Crippen LogP contribution in [0.25, 0.3) is 11.2 Å². The van der Waals surface area contributed by atoms with Gasteiger partial charge in [-0.3, -0.25) is 13.5 Å². The molecule has 0 bridgehead atoms. The van der Waals surface area contributed by atoms with Crippen molar-refractivity contribution in [3.8, 4) is 11.6 Å². The topological polar surface area (TPSA) is 195 Å². The number of rotatable bonds is 8. The lowest BCUT2D eigenvalue weighted by Gasteiger charge is -2.16. The molecule has 4 atom stereocenters. The number of phenolic OH excluding ortho intramolecular Hbond substituents is 1. The number of phenols is 1. The Balaban J connectivity index is 1.45. The molecule has 1 aliphatic rings. The van der Waals surface area contributed by atoms with E-state index in [4.69, 9.17) is 13.7 Å². The van der Waals surface area contributed by atoms with Gasteiger partial charge in [0.15, 0.2) is 17.4 Å². The number of aliphatic hydroxyl groups excluding tert-OH is 2. The molecule has 3 aromatic rings. The molecule has 4 rings (SSSR count). The minimum atomic E-state index is -4.64.